The molecule has 166 valence electrons. The van der Waals surface area contributed by atoms with Crippen LogP contribution in [0.2, 0.25) is 0 Å². The highest BCUT2D eigenvalue weighted by atomic mass is 19.4. The molecule has 0 aromatic carbocycles. The van der Waals surface area contributed by atoms with Crippen LogP contribution in [0.4, 0.5) is 23.8 Å². The van der Waals surface area contributed by atoms with E-state index in [4.69, 9.17) is 0 Å². The van der Waals surface area contributed by atoms with Crippen LogP contribution >= 0.6 is 0 Å². The van der Waals surface area contributed by atoms with Crippen LogP contribution in [0.5, 0.6) is 0 Å². The van der Waals surface area contributed by atoms with Gasteiger partial charge in [0.1, 0.15) is 5.82 Å². The van der Waals surface area contributed by atoms with E-state index in [0.29, 0.717) is 38.4 Å². The highest BCUT2D eigenvalue weighted by Crippen LogP contribution is 2.28. The number of hydrogen-bond acceptors (Lipinski definition) is 4. The van der Waals surface area contributed by atoms with Crippen molar-refractivity contribution in [3.63, 3.8) is 0 Å². The molecular formula is C20H28F3N5O2. The molecule has 2 aliphatic rings. The van der Waals surface area contributed by atoms with Crippen molar-refractivity contribution in [2.24, 2.45) is 5.92 Å². The molecule has 3 heterocycles. The second-order valence-electron chi connectivity index (χ2n) is 7.76. The fourth-order valence-electron chi connectivity index (χ4n) is 3.80. The molecule has 2 N–H and O–H groups in total. The number of rotatable bonds is 6. The molecule has 1 aromatic rings. The second kappa shape index (κ2) is 9.99. The zero-order chi connectivity index (χ0) is 21.6. The van der Waals surface area contributed by atoms with Crippen LogP contribution in [-0.2, 0) is 11.0 Å². The molecule has 2 saturated heterocycles. The minimum Gasteiger partial charge on any atom is -0.370 e. The number of piperidine rings is 1. The molecule has 2 aliphatic heterocycles. The maximum Gasteiger partial charge on any atom is 0.417 e. The zero-order valence-corrected chi connectivity index (χ0v) is 16.9. The molecule has 0 aliphatic carbocycles. The monoisotopic (exact) mass is 427 g/mol. The molecule has 2 fully saturated rings. The van der Waals surface area contributed by atoms with Crippen molar-refractivity contribution in [1.29, 1.82) is 0 Å². The lowest BCUT2D eigenvalue weighted by Crippen LogP contribution is -2.49. The number of pyridine rings is 1. The summed E-state index contributed by atoms with van der Waals surface area (Å²) in [5.74, 6) is 0.106. The van der Waals surface area contributed by atoms with Crippen LogP contribution in [0.1, 0.15) is 37.7 Å². The molecule has 0 bridgehead atoms. The number of amides is 3. The topological polar surface area (TPSA) is 77.6 Å². The van der Waals surface area contributed by atoms with E-state index in [1.807, 2.05) is 4.90 Å². The van der Waals surface area contributed by atoms with Gasteiger partial charge < -0.3 is 20.4 Å². The smallest absolute Gasteiger partial charge is 0.370 e. The van der Waals surface area contributed by atoms with Gasteiger partial charge in [0.2, 0.25) is 5.91 Å². The van der Waals surface area contributed by atoms with Gasteiger partial charge in [-0.2, -0.15) is 13.2 Å². The lowest BCUT2D eigenvalue weighted by molar-refractivity contribution is -0.137. The Morgan fingerprint density at radius 1 is 1.07 bits per heavy atom. The second-order valence-corrected chi connectivity index (χ2v) is 7.76. The van der Waals surface area contributed by atoms with Crippen molar-refractivity contribution in [2.75, 3.05) is 44.6 Å². The number of aromatic nitrogens is 1. The van der Waals surface area contributed by atoms with Gasteiger partial charge in [-0.15, -0.1) is 0 Å². The minimum atomic E-state index is -4.40. The van der Waals surface area contributed by atoms with E-state index in [9.17, 15) is 22.8 Å². The van der Waals surface area contributed by atoms with Gasteiger partial charge in [0.15, 0.2) is 0 Å². The van der Waals surface area contributed by atoms with E-state index < -0.39 is 11.7 Å². The summed E-state index contributed by atoms with van der Waals surface area (Å²) in [5.41, 5.74) is -0.787. The summed E-state index contributed by atoms with van der Waals surface area (Å²) in [6.45, 7) is 3.67. The number of nitrogens with one attached hydrogen (secondary N) is 2. The average Bonchev–Trinajstić information content (AvgIpc) is 3.27. The Bertz CT molecular complexity index is 720. The van der Waals surface area contributed by atoms with Crippen LogP contribution in [0.3, 0.4) is 0 Å². The maximum atomic E-state index is 12.5. The predicted octanol–water partition coefficient (Wildman–Crippen LogP) is 2.95. The van der Waals surface area contributed by atoms with Gasteiger partial charge in [0.25, 0.3) is 0 Å². The fourth-order valence-corrected chi connectivity index (χ4v) is 3.80. The van der Waals surface area contributed by atoms with Gasteiger partial charge in [-0.3, -0.25) is 4.79 Å². The van der Waals surface area contributed by atoms with Crippen molar-refractivity contribution in [1.82, 2.24) is 20.1 Å². The van der Waals surface area contributed by atoms with Crippen molar-refractivity contribution in [3.8, 4) is 0 Å². The highest BCUT2D eigenvalue weighted by Gasteiger charge is 2.32. The maximum absolute atomic E-state index is 12.5. The summed E-state index contributed by atoms with van der Waals surface area (Å²) in [6, 6.07) is 2.31. The molecule has 1 aromatic heterocycles. The molecule has 1 unspecified atom stereocenters. The Balaban J connectivity index is 1.34. The fraction of sp³-hybridized carbons (Fsp3) is 0.650. The molecule has 1 atom stereocenters. The number of hydrogen-bond donors (Lipinski definition) is 2. The van der Waals surface area contributed by atoms with Crippen LogP contribution in [-0.4, -0.2) is 66.0 Å². The Labute approximate surface area is 174 Å². The average molecular weight is 427 g/mol. The third-order valence-corrected chi connectivity index (χ3v) is 5.49. The predicted molar refractivity (Wildman–Crippen MR) is 106 cm³/mol. The normalized spacial score (nSPS) is 19.6. The SMILES string of the molecule is O=C(NCCCNc1ccc(C(F)(F)F)cn1)C1CCCN(C(=O)N2CCCC2)C1. The number of likely N-dealkylation sites (tertiary alicyclic amines) is 2. The lowest BCUT2D eigenvalue weighted by Gasteiger charge is -2.34. The van der Waals surface area contributed by atoms with Gasteiger partial charge in [-0.25, -0.2) is 9.78 Å². The molecular weight excluding hydrogens is 399 g/mol. The van der Waals surface area contributed by atoms with Crippen molar-refractivity contribution in [2.45, 2.75) is 38.3 Å². The number of carbonyl (C=O) groups excluding carboxylic acids is 2. The summed E-state index contributed by atoms with van der Waals surface area (Å²) in [4.78, 5) is 32.4. The minimum absolute atomic E-state index is 0.0400. The molecule has 3 amide bonds. The summed E-state index contributed by atoms with van der Waals surface area (Å²) >= 11 is 0. The standard InChI is InChI=1S/C20H28F3N5O2/c21-20(22,23)16-6-7-17(26-13-16)24-8-4-9-25-18(29)15-5-3-12-28(14-15)19(30)27-10-1-2-11-27/h6-7,13,15H,1-5,8-12,14H2,(H,24,26)(H,25,29). The van der Waals surface area contributed by atoms with Gasteiger partial charge in [-0.05, 0) is 44.2 Å². The first-order valence-electron chi connectivity index (χ1n) is 10.4. The molecule has 30 heavy (non-hydrogen) atoms. The van der Waals surface area contributed by atoms with E-state index in [0.717, 1.165) is 51.0 Å². The zero-order valence-electron chi connectivity index (χ0n) is 16.9. The first-order valence-corrected chi connectivity index (χ1v) is 10.4. The third kappa shape index (κ3) is 5.99. The number of nitrogens with zero attached hydrogens (tertiary/aromatic N) is 3. The highest BCUT2D eigenvalue weighted by molar-refractivity contribution is 5.81. The number of carbonyl (C=O) groups is 2. The summed E-state index contributed by atoms with van der Waals surface area (Å²) in [7, 11) is 0. The van der Waals surface area contributed by atoms with Crippen LogP contribution in [0.15, 0.2) is 18.3 Å². The Hall–Kier alpha value is -2.52. The number of urea groups is 1. The summed E-state index contributed by atoms with van der Waals surface area (Å²) < 4.78 is 37.6. The molecule has 10 heteroatoms. The van der Waals surface area contributed by atoms with Gasteiger partial charge in [0, 0.05) is 45.5 Å². The first-order chi connectivity index (χ1) is 14.3. The lowest BCUT2D eigenvalue weighted by atomic mass is 9.97. The molecule has 0 saturated carbocycles. The van der Waals surface area contributed by atoms with Gasteiger partial charge in [-0.1, -0.05) is 0 Å². The molecule has 0 spiro atoms. The van der Waals surface area contributed by atoms with E-state index in [1.54, 1.807) is 4.90 Å². The van der Waals surface area contributed by atoms with Crippen LogP contribution < -0.4 is 10.6 Å². The Morgan fingerprint density at radius 3 is 2.47 bits per heavy atom. The van der Waals surface area contributed by atoms with E-state index >= 15 is 0 Å². The van der Waals surface area contributed by atoms with Gasteiger partial charge >= 0.3 is 12.2 Å². The van der Waals surface area contributed by atoms with Gasteiger partial charge in [0.05, 0.1) is 11.5 Å². The van der Waals surface area contributed by atoms with Crippen molar-refractivity contribution >= 4 is 17.8 Å². The van der Waals surface area contributed by atoms with Crippen LogP contribution in [0, 0.1) is 5.92 Å². The largest absolute Gasteiger partial charge is 0.417 e. The van der Waals surface area contributed by atoms with Crippen molar-refractivity contribution < 1.29 is 22.8 Å². The molecule has 7 nitrogen and oxygen atoms in total. The first kappa shape index (κ1) is 22.2. The molecule has 3 rings (SSSR count). The summed E-state index contributed by atoms with van der Waals surface area (Å²) in [5, 5.41) is 5.84. The van der Waals surface area contributed by atoms with E-state index in [-0.39, 0.29) is 17.9 Å². The van der Waals surface area contributed by atoms with E-state index in [2.05, 4.69) is 15.6 Å². The number of alkyl halides is 3. The summed E-state index contributed by atoms with van der Waals surface area (Å²) in [6.07, 6.45) is 0.671. The Kier molecular flexibility index (Phi) is 7.38. The third-order valence-electron chi connectivity index (χ3n) is 5.49. The van der Waals surface area contributed by atoms with Crippen LogP contribution in [0.25, 0.3) is 0 Å². The quantitative estimate of drug-likeness (QED) is 0.685. The van der Waals surface area contributed by atoms with Crippen molar-refractivity contribution in [3.05, 3.63) is 23.9 Å². The molecule has 0 radical (unpaired) electrons. The number of halogens is 3. The Morgan fingerprint density at radius 2 is 1.80 bits per heavy atom. The van der Waals surface area contributed by atoms with E-state index in [1.165, 1.54) is 6.07 Å². The number of anilines is 1.